The van der Waals surface area contributed by atoms with Crippen molar-refractivity contribution in [2.75, 3.05) is 49.5 Å². The Bertz CT molecular complexity index is 1100. The van der Waals surface area contributed by atoms with Gasteiger partial charge in [-0.05, 0) is 112 Å². The summed E-state index contributed by atoms with van der Waals surface area (Å²) in [6.45, 7) is 6.76. The van der Waals surface area contributed by atoms with Crippen molar-refractivity contribution in [2.24, 2.45) is 0 Å². The van der Waals surface area contributed by atoms with E-state index in [1.54, 1.807) is 0 Å². The highest BCUT2D eigenvalue weighted by molar-refractivity contribution is 5.78. The number of pyridine rings is 1. The van der Waals surface area contributed by atoms with Gasteiger partial charge in [-0.25, -0.2) is 4.98 Å². The van der Waals surface area contributed by atoms with Crippen molar-refractivity contribution >= 4 is 29.7 Å². The van der Waals surface area contributed by atoms with Crippen LogP contribution in [0.3, 0.4) is 0 Å². The summed E-state index contributed by atoms with van der Waals surface area (Å²) in [5, 5.41) is 10.2. The van der Waals surface area contributed by atoms with Gasteiger partial charge in [-0.1, -0.05) is 18.6 Å². The Morgan fingerprint density at radius 1 is 0.946 bits per heavy atom. The standard InChI is InChI=1S/C30H40N6O/c37-21-27-29-24(10-15-32-27)20-28(36-18-11-26(12-19-36)35-16-2-1-3-17-35)34-30(29)33-25-6-4-22(5-7-25)23-8-13-31-14-9-23/h4-7,10,15,20-21,23,26-27,31-32H,1-3,8-9,11-14,16-19H2,(H,33,34). The van der Waals surface area contributed by atoms with Crippen molar-refractivity contribution in [1.82, 2.24) is 20.5 Å². The van der Waals surface area contributed by atoms with E-state index in [0.29, 0.717) is 12.0 Å². The molecule has 7 nitrogen and oxygen atoms in total. The minimum Gasteiger partial charge on any atom is -0.378 e. The minimum atomic E-state index is -0.400. The Kier molecular flexibility index (Phi) is 7.42. The van der Waals surface area contributed by atoms with Crippen LogP contribution in [0.25, 0.3) is 6.08 Å². The lowest BCUT2D eigenvalue weighted by Gasteiger charge is -2.40. The fraction of sp³-hybridized carbons (Fsp3) is 0.533. The number of nitrogens with one attached hydrogen (secondary N) is 3. The maximum atomic E-state index is 11.9. The number of aromatic nitrogens is 1. The van der Waals surface area contributed by atoms with Crippen LogP contribution in [-0.4, -0.2) is 61.5 Å². The van der Waals surface area contributed by atoms with Gasteiger partial charge in [-0.3, -0.25) is 0 Å². The molecule has 0 saturated carbocycles. The van der Waals surface area contributed by atoms with Gasteiger partial charge >= 0.3 is 0 Å². The van der Waals surface area contributed by atoms with E-state index in [9.17, 15) is 4.79 Å². The van der Waals surface area contributed by atoms with E-state index < -0.39 is 6.04 Å². The van der Waals surface area contributed by atoms with Gasteiger partial charge in [0.05, 0.1) is 0 Å². The van der Waals surface area contributed by atoms with Gasteiger partial charge in [0.1, 0.15) is 24.0 Å². The quantitative estimate of drug-likeness (QED) is 0.502. The molecule has 1 aromatic carbocycles. The molecule has 2 aromatic rings. The van der Waals surface area contributed by atoms with Crippen LogP contribution in [0, 0.1) is 0 Å². The van der Waals surface area contributed by atoms with Crippen molar-refractivity contribution in [3.05, 3.63) is 53.2 Å². The summed E-state index contributed by atoms with van der Waals surface area (Å²) >= 11 is 0. The molecule has 0 radical (unpaired) electrons. The molecule has 1 atom stereocenters. The Balaban J connectivity index is 1.22. The van der Waals surface area contributed by atoms with Crippen molar-refractivity contribution in [3.8, 4) is 0 Å². The molecule has 196 valence electrons. The molecule has 0 amide bonds. The first-order valence-corrected chi connectivity index (χ1v) is 14.3. The Morgan fingerprint density at radius 2 is 1.70 bits per heavy atom. The van der Waals surface area contributed by atoms with E-state index in [1.807, 2.05) is 6.20 Å². The molecule has 4 aliphatic heterocycles. The molecule has 4 aliphatic rings. The maximum absolute atomic E-state index is 11.9. The number of nitrogens with zero attached hydrogens (tertiary/aromatic N) is 3. The van der Waals surface area contributed by atoms with Gasteiger partial charge in [0.2, 0.25) is 0 Å². The van der Waals surface area contributed by atoms with E-state index in [4.69, 9.17) is 4.98 Å². The van der Waals surface area contributed by atoms with Crippen LogP contribution < -0.4 is 20.9 Å². The normalized spacial score (nSPS) is 23.4. The molecule has 0 aliphatic carbocycles. The summed E-state index contributed by atoms with van der Waals surface area (Å²) in [6.07, 6.45) is 13.8. The van der Waals surface area contributed by atoms with Gasteiger partial charge in [0.25, 0.3) is 0 Å². The van der Waals surface area contributed by atoms with Crippen LogP contribution in [0.5, 0.6) is 0 Å². The highest BCUT2D eigenvalue weighted by Crippen LogP contribution is 2.35. The lowest BCUT2D eigenvalue weighted by atomic mass is 9.90. The minimum absolute atomic E-state index is 0.400. The Morgan fingerprint density at radius 3 is 2.43 bits per heavy atom. The Labute approximate surface area is 220 Å². The number of piperidine rings is 3. The number of hydrogen-bond acceptors (Lipinski definition) is 7. The first kappa shape index (κ1) is 24.4. The third-order valence-electron chi connectivity index (χ3n) is 8.74. The number of rotatable bonds is 6. The maximum Gasteiger partial charge on any atom is 0.146 e. The van der Waals surface area contributed by atoms with Gasteiger partial charge < -0.3 is 30.5 Å². The van der Waals surface area contributed by atoms with E-state index in [1.165, 1.54) is 63.6 Å². The molecule has 3 saturated heterocycles. The van der Waals surface area contributed by atoms with E-state index >= 15 is 0 Å². The molecular formula is C30H40N6O. The largest absolute Gasteiger partial charge is 0.378 e. The van der Waals surface area contributed by atoms with Crippen LogP contribution in [0.4, 0.5) is 17.3 Å². The molecule has 5 heterocycles. The third kappa shape index (κ3) is 5.39. The summed E-state index contributed by atoms with van der Waals surface area (Å²) in [5.41, 5.74) is 4.40. The number of carbonyl (C=O) groups is 1. The number of benzene rings is 1. The van der Waals surface area contributed by atoms with Crippen LogP contribution in [-0.2, 0) is 4.79 Å². The molecular weight excluding hydrogens is 460 g/mol. The zero-order valence-corrected chi connectivity index (χ0v) is 21.8. The molecule has 0 bridgehead atoms. The zero-order chi connectivity index (χ0) is 25.0. The lowest BCUT2D eigenvalue weighted by Crippen LogP contribution is -2.47. The smallest absolute Gasteiger partial charge is 0.146 e. The summed E-state index contributed by atoms with van der Waals surface area (Å²) in [4.78, 5) is 22.2. The summed E-state index contributed by atoms with van der Waals surface area (Å²) < 4.78 is 0. The molecule has 6 rings (SSSR count). The average Bonchev–Trinajstić information content (AvgIpc) is 2.98. The fourth-order valence-corrected chi connectivity index (χ4v) is 6.59. The van der Waals surface area contributed by atoms with Crippen molar-refractivity contribution in [1.29, 1.82) is 0 Å². The number of likely N-dealkylation sites (tertiary alicyclic amines) is 1. The highest BCUT2D eigenvalue weighted by atomic mass is 16.1. The zero-order valence-electron chi connectivity index (χ0n) is 21.8. The number of carbonyl (C=O) groups excluding carboxylic acids is 1. The summed E-state index contributed by atoms with van der Waals surface area (Å²) in [5.74, 6) is 2.40. The van der Waals surface area contributed by atoms with Gasteiger partial charge in [0.15, 0.2) is 0 Å². The van der Waals surface area contributed by atoms with Crippen LogP contribution >= 0.6 is 0 Å². The summed E-state index contributed by atoms with van der Waals surface area (Å²) in [6, 6.07) is 11.3. The van der Waals surface area contributed by atoms with Crippen molar-refractivity contribution in [3.63, 3.8) is 0 Å². The number of fused-ring (bicyclic) bond motifs is 1. The van der Waals surface area contributed by atoms with E-state index in [-0.39, 0.29) is 0 Å². The first-order valence-electron chi connectivity index (χ1n) is 14.3. The summed E-state index contributed by atoms with van der Waals surface area (Å²) in [7, 11) is 0. The second-order valence-corrected chi connectivity index (χ2v) is 11.0. The molecule has 3 N–H and O–H groups in total. The van der Waals surface area contributed by atoms with E-state index in [2.05, 4.69) is 62.2 Å². The van der Waals surface area contributed by atoms with Crippen LogP contribution in [0.15, 0.2) is 36.5 Å². The second-order valence-electron chi connectivity index (χ2n) is 11.0. The van der Waals surface area contributed by atoms with E-state index in [0.717, 1.165) is 60.9 Å². The fourth-order valence-electron chi connectivity index (χ4n) is 6.59. The number of hydrogen-bond donors (Lipinski definition) is 3. The molecule has 1 unspecified atom stereocenters. The topological polar surface area (TPSA) is 72.5 Å². The predicted octanol–water partition coefficient (Wildman–Crippen LogP) is 4.56. The molecule has 7 heteroatoms. The SMILES string of the molecule is O=CC1NC=Cc2cc(N3CCC(N4CCCCC4)CC3)nc(Nc3ccc(C4CCNCC4)cc3)c21. The third-order valence-corrected chi connectivity index (χ3v) is 8.74. The van der Waals surface area contributed by atoms with Gasteiger partial charge in [0, 0.05) is 30.4 Å². The molecule has 1 aromatic heterocycles. The van der Waals surface area contributed by atoms with Crippen LogP contribution in [0.1, 0.15) is 73.6 Å². The monoisotopic (exact) mass is 500 g/mol. The molecule has 37 heavy (non-hydrogen) atoms. The van der Waals surface area contributed by atoms with Crippen molar-refractivity contribution < 1.29 is 4.79 Å². The predicted molar refractivity (Wildman–Crippen MR) is 150 cm³/mol. The number of aldehydes is 1. The highest BCUT2D eigenvalue weighted by Gasteiger charge is 2.28. The van der Waals surface area contributed by atoms with Crippen LogP contribution in [0.2, 0.25) is 0 Å². The molecule has 3 fully saturated rings. The first-order chi connectivity index (χ1) is 18.3. The molecule has 0 spiro atoms. The lowest BCUT2D eigenvalue weighted by molar-refractivity contribution is -0.109. The van der Waals surface area contributed by atoms with Gasteiger partial charge in [-0.2, -0.15) is 0 Å². The Hall–Kier alpha value is -2.90. The second kappa shape index (κ2) is 11.2. The van der Waals surface area contributed by atoms with Gasteiger partial charge in [-0.15, -0.1) is 0 Å². The average molecular weight is 501 g/mol. The van der Waals surface area contributed by atoms with Crippen molar-refractivity contribution in [2.45, 2.75) is 62.9 Å². The number of anilines is 3.